The zero-order valence-corrected chi connectivity index (χ0v) is 14.0. The number of halogens is 1. The van der Waals surface area contributed by atoms with Crippen LogP contribution >= 0.6 is 15.9 Å². The van der Waals surface area contributed by atoms with Crippen LogP contribution in [-0.2, 0) is 6.54 Å². The maximum atomic E-state index is 10.9. The van der Waals surface area contributed by atoms with Crippen molar-refractivity contribution in [2.45, 2.75) is 19.9 Å². The molecule has 0 spiro atoms. The molecule has 0 radical (unpaired) electrons. The first-order valence-corrected chi connectivity index (χ1v) is 7.62. The molecule has 0 fully saturated rings. The Hall–Kier alpha value is -0.910. The summed E-state index contributed by atoms with van der Waals surface area (Å²) >= 11 is 3.47. The van der Waals surface area contributed by atoms with Crippen LogP contribution in [0, 0.1) is 0 Å². The van der Waals surface area contributed by atoms with E-state index in [1.165, 1.54) is 0 Å². The summed E-state index contributed by atoms with van der Waals surface area (Å²) in [5, 5.41) is 8.97. The number of carboxylic acid groups (broad SMARTS) is 1. The van der Waals surface area contributed by atoms with Crippen LogP contribution in [0.5, 0.6) is 0 Å². The molecule has 0 bridgehead atoms. The smallest absolute Gasteiger partial charge is 0.335 e. The maximum Gasteiger partial charge on any atom is 0.335 e. The van der Waals surface area contributed by atoms with Crippen LogP contribution < -0.4 is 0 Å². The highest BCUT2D eigenvalue weighted by molar-refractivity contribution is 9.10. The van der Waals surface area contributed by atoms with E-state index in [9.17, 15) is 4.79 Å². The number of likely N-dealkylation sites (N-methyl/N-ethyl adjacent to an activating group) is 1. The lowest BCUT2D eigenvalue weighted by Crippen LogP contribution is -2.32. The third-order valence-corrected chi connectivity index (χ3v) is 3.84. The molecule has 4 nitrogen and oxygen atoms in total. The Labute approximate surface area is 129 Å². The van der Waals surface area contributed by atoms with Gasteiger partial charge < -0.3 is 10.0 Å². The van der Waals surface area contributed by atoms with E-state index < -0.39 is 5.97 Å². The van der Waals surface area contributed by atoms with E-state index in [0.29, 0.717) is 5.56 Å². The van der Waals surface area contributed by atoms with Crippen molar-refractivity contribution in [3.05, 3.63) is 33.8 Å². The predicted molar refractivity (Wildman–Crippen MR) is 85.2 cm³/mol. The summed E-state index contributed by atoms with van der Waals surface area (Å²) in [4.78, 5) is 15.5. The highest BCUT2D eigenvalue weighted by Gasteiger charge is 2.10. The molecule has 0 heterocycles. The average Bonchev–Trinajstić information content (AvgIpc) is 2.38. The Morgan fingerprint density at radius 2 is 1.95 bits per heavy atom. The predicted octanol–water partition coefficient (Wildman–Crippen LogP) is 2.92. The summed E-state index contributed by atoms with van der Waals surface area (Å²) in [6, 6.07) is 5.23. The minimum atomic E-state index is -0.893. The summed E-state index contributed by atoms with van der Waals surface area (Å²) in [7, 11) is 4.14. The summed E-state index contributed by atoms with van der Waals surface area (Å²) in [5.74, 6) is -0.893. The molecule has 0 saturated carbocycles. The fourth-order valence-electron chi connectivity index (χ4n) is 1.98. The molecule has 1 rings (SSSR count). The topological polar surface area (TPSA) is 43.8 Å². The van der Waals surface area contributed by atoms with Gasteiger partial charge in [-0.25, -0.2) is 4.79 Å². The van der Waals surface area contributed by atoms with Crippen LogP contribution in [0.25, 0.3) is 0 Å². The quantitative estimate of drug-likeness (QED) is 0.788. The van der Waals surface area contributed by atoms with Gasteiger partial charge in [0, 0.05) is 24.1 Å². The van der Waals surface area contributed by atoms with Crippen LogP contribution in [0.3, 0.4) is 0 Å². The molecule has 0 aliphatic rings. The normalized spacial score (nSPS) is 11.3. The van der Waals surface area contributed by atoms with Crippen LogP contribution in [0.4, 0.5) is 0 Å². The second-order valence-electron chi connectivity index (χ2n) is 5.19. The van der Waals surface area contributed by atoms with Gasteiger partial charge >= 0.3 is 5.97 Å². The number of carboxylic acids is 1. The highest BCUT2D eigenvalue weighted by Crippen LogP contribution is 2.20. The van der Waals surface area contributed by atoms with Crippen LogP contribution in [0.2, 0.25) is 0 Å². The van der Waals surface area contributed by atoms with Crippen molar-refractivity contribution in [2.75, 3.05) is 33.7 Å². The molecule has 0 aliphatic heterocycles. The summed E-state index contributed by atoms with van der Waals surface area (Å²) < 4.78 is 0.864. The molecule has 0 aliphatic carbocycles. The summed E-state index contributed by atoms with van der Waals surface area (Å²) in [5.41, 5.74) is 1.44. The average molecular weight is 343 g/mol. The molecular formula is C15H23BrN2O2. The van der Waals surface area contributed by atoms with E-state index in [1.54, 1.807) is 12.1 Å². The van der Waals surface area contributed by atoms with E-state index in [2.05, 4.69) is 46.7 Å². The van der Waals surface area contributed by atoms with E-state index in [0.717, 1.165) is 42.6 Å². The van der Waals surface area contributed by atoms with Crippen molar-refractivity contribution in [2.24, 2.45) is 0 Å². The highest BCUT2D eigenvalue weighted by atomic mass is 79.9. The Morgan fingerprint density at radius 1 is 1.25 bits per heavy atom. The molecule has 0 aromatic heterocycles. The van der Waals surface area contributed by atoms with E-state index >= 15 is 0 Å². The largest absolute Gasteiger partial charge is 0.478 e. The summed E-state index contributed by atoms with van der Waals surface area (Å²) in [6.45, 7) is 6.08. The number of nitrogens with zero attached hydrogens (tertiary/aromatic N) is 2. The van der Waals surface area contributed by atoms with Gasteiger partial charge in [-0.05, 0) is 44.8 Å². The zero-order valence-electron chi connectivity index (χ0n) is 12.4. The molecule has 112 valence electrons. The fraction of sp³-hybridized carbons (Fsp3) is 0.533. The molecule has 0 amide bonds. The van der Waals surface area contributed by atoms with Crippen molar-refractivity contribution >= 4 is 21.9 Å². The number of hydrogen-bond acceptors (Lipinski definition) is 3. The fourth-order valence-corrected chi connectivity index (χ4v) is 2.48. The Morgan fingerprint density at radius 3 is 2.45 bits per heavy atom. The third kappa shape index (κ3) is 5.61. The van der Waals surface area contributed by atoms with Gasteiger partial charge in [0.05, 0.1) is 5.56 Å². The Bertz CT molecular complexity index is 449. The molecule has 0 unspecified atom stereocenters. The lowest BCUT2D eigenvalue weighted by Gasteiger charge is -2.24. The van der Waals surface area contributed by atoms with Crippen LogP contribution in [-0.4, -0.2) is 54.6 Å². The molecule has 1 aromatic carbocycles. The molecule has 1 N–H and O–H groups in total. The number of aromatic carboxylic acids is 1. The first kappa shape index (κ1) is 17.1. The number of benzene rings is 1. The monoisotopic (exact) mass is 342 g/mol. The van der Waals surface area contributed by atoms with Gasteiger partial charge in [0.15, 0.2) is 0 Å². The molecule has 20 heavy (non-hydrogen) atoms. The first-order chi connectivity index (χ1) is 9.43. The Kier molecular flexibility index (Phi) is 7.19. The van der Waals surface area contributed by atoms with Crippen LogP contribution in [0.1, 0.15) is 29.3 Å². The van der Waals surface area contributed by atoms with Gasteiger partial charge in [-0.15, -0.1) is 0 Å². The van der Waals surface area contributed by atoms with Crippen molar-refractivity contribution in [1.29, 1.82) is 0 Å². The SMILES string of the molecule is CCCN(CCN(C)C)Cc1ccc(C(=O)O)cc1Br. The van der Waals surface area contributed by atoms with E-state index in [-0.39, 0.29) is 0 Å². The third-order valence-electron chi connectivity index (χ3n) is 3.10. The van der Waals surface area contributed by atoms with Gasteiger partial charge in [-0.1, -0.05) is 28.9 Å². The standard InChI is InChI=1S/C15H23BrN2O2/c1-4-7-18(9-8-17(2)3)11-13-6-5-12(15(19)20)10-14(13)16/h5-6,10H,4,7-9,11H2,1-3H3,(H,19,20). The van der Waals surface area contributed by atoms with E-state index in [1.807, 2.05) is 6.07 Å². The van der Waals surface area contributed by atoms with Gasteiger partial charge in [0.1, 0.15) is 0 Å². The Balaban J connectivity index is 2.74. The lowest BCUT2D eigenvalue weighted by molar-refractivity contribution is 0.0697. The van der Waals surface area contributed by atoms with Crippen molar-refractivity contribution in [3.8, 4) is 0 Å². The van der Waals surface area contributed by atoms with Gasteiger partial charge in [-0.2, -0.15) is 0 Å². The van der Waals surface area contributed by atoms with E-state index in [4.69, 9.17) is 5.11 Å². The molecule has 0 saturated heterocycles. The van der Waals surface area contributed by atoms with Crippen molar-refractivity contribution in [1.82, 2.24) is 9.80 Å². The minimum absolute atomic E-state index is 0.316. The van der Waals surface area contributed by atoms with Gasteiger partial charge in [-0.3, -0.25) is 4.90 Å². The molecular weight excluding hydrogens is 320 g/mol. The molecule has 1 aromatic rings. The van der Waals surface area contributed by atoms with Crippen LogP contribution in [0.15, 0.2) is 22.7 Å². The number of hydrogen-bond donors (Lipinski definition) is 1. The summed E-state index contributed by atoms with van der Waals surface area (Å²) in [6.07, 6.45) is 1.11. The molecule has 5 heteroatoms. The molecule has 0 atom stereocenters. The second kappa shape index (κ2) is 8.39. The number of carbonyl (C=O) groups is 1. The van der Waals surface area contributed by atoms with Gasteiger partial charge in [0.2, 0.25) is 0 Å². The minimum Gasteiger partial charge on any atom is -0.478 e. The van der Waals surface area contributed by atoms with Crippen molar-refractivity contribution in [3.63, 3.8) is 0 Å². The van der Waals surface area contributed by atoms with Gasteiger partial charge in [0.25, 0.3) is 0 Å². The first-order valence-electron chi connectivity index (χ1n) is 6.82. The second-order valence-corrected chi connectivity index (χ2v) is 6.05. The number of rotatable bonds is 8. The van der Waals surface area contributed by atoms with Crippen molar-refractivity contribution < 1.29 is 9.90 Å². The maximum absolute atomic E-state index is 10.9. The lowest BCUT2D eigenvalue weighted by atomic mass is 10.1. The zero-order chi connectivity index (χ0) is 15.1.